The summed E-state index contributed by atoms with van der Waals surface area (Å²) in [5.74, 6) is 2.49. The van der Waals surface area contributed by atoms with Gasteiger partial charge in [0.2, 0.25) is 0 Å². The van der Waals surface area contributed by atoms with Crippen LogP contribution in [0, 0.1) is 17.8 Å². The lowest BCUT2D eigenvalue weighted by Crippen LogP contribution is -2.46. The highest BCUT2D eigenvalue weighted by Crippen LogP contribution is 2.37. The second kappa shape index (κ2) is 6.58. The Balaban J connectivity index is 1.88. The minimum absolute atomic E-state index is 0.225. The maximum atomic E-state index is 6.19. The molecule has 112 valence electrons. The van der Waals surface area contributed by atoms with Crippen molar-refractivity contribution >= 4 is 0 Å². The molecular formula is C17H33NO. The first kappa shape index (κ1) is 15.3. The number of ether oxygens (including phenoxy) is 1. The molecule has 0 amide bonds. The van der Waals surface area contributed by atoms with Crippen LogP contribution < -0.4 is 5.32 Å². The zero-order valence-corrected chi connectivity index (χ0v) is 13.4. The van der Waals surface area contributed by atoms with Crippen LogP contribution in [0.3, 0.4) is 0 Å². The van der Waals surface area contributed by atoms with Crippen LogP contribution in [-0.2, 0) is 4.74 Å². The fourth-order valence-corrected chi connectivity index (χ4v) is 3.66. The van der Waals surface area contributed by atoms with Crippen molar-refractivity contribution in [1.29, 1.82) is 0 Å². The van der Waals surface area contributed by atoms with Crippen LogP contribution in [0.15, 0.2) is 0 Å². The monoisotopic (exact) mass is 267 g/mol. The predicted octanol–water partition coefficient (Wildman–Crippen LogP) is 4.00. The van der Waals surface area contributed by atoms with E-state index in [9.17, 15) is 0 Å². The lowest BCUT2D eigenvalue weighted by Gasteiger charge is -2.41. The molecule has 1 heterocycles. The summed E-state index contributed by atoms with van der Waals surface area (Å²) in [6.07, 6.45) is 8.70. The first-order valence-electron chi connectivity index (χ1n) is 8.32. The van der Waals surface area contributed by atoms with Crippen molar-refractivity contribution < 1.29 is 4.74 Å². The van der Waals surface area contributed by atoms with E-state index in [1.165, 1.54) is 38.5 Å². The summed E-state index contributed by atoms with van der Waals surface area (Å²) in [5.41, 5.74) is 0.225. The second-order valence-corrected chi connectivity index (χ2v) is 7.89. The Kier molecular flexibility index (Phi) is 5.30. The first-order chi connectivity index (χ1) is 8.96. The van der Waals surface area contributed by atoms with E-state index in [0.29, 0.717) is 6.10 Å². The smallest absolute Gasteiger partial charge is 0.0643 e. The average Bonchev–Trinajstić information content (AvgIpc) is 2.37. The highest BCUT2D eigenvalue weighted by molar-refractivity contribution is 4.86. The maximum absolute atomic E-state index is 6.19. The van der Waals surface area contributed by atoms with Crippen LogP contribution >= 0.6 is 0 Å². The highest BCUT2D eigenvalue weighted by Gasteiger charge is 2.34. The molecule has 0 aromatic rings. The van der Waals surface area contributed by atoms with E-state index in [0.717, 1.165) is 30.9 Å². The molecule has 1 saturated heterocycles. The predicted molar refractivity (Wildman–Crippen MR) is 81.3 cm³/mol. The summed E-state index contributed by atoms with van der Waals surface area (Å²) in [4.78, 5) is 0. The molecule has 0 bridgehead atoms. The van der Waals surface area contributed by atoms with Crippen molar-refractivity contribution in [2.75, 3.05) is 13.2 Å². The lowest BCUT2D eigenvalue weighted by atomic mass is 9.75. The average molecular weight is 267 g/mol. The molecule has 1 aliphatic heterocycles. The molecule has 2 rings (SSSR count). The third kappa shape index (κ3) is 4.75. The molecule has 2 unspecified atom stereocenters. The Hall–Kier alpha value is -0.0800. The largest absolute Gasteiger partial charge is 0.378 e. The Labute approximate surface area is 119 Å². The maximum Gasteiger partial charge on any atom is 0.0643 e. The van der Waals surface area contributed by atoms with E-state index in [-0.39, 0.29) is 5.54 Å². The van der Waals surface area contributed by atoms with E-state index in [1.807, 2.05) is 0 Å². The molecule has 2 fully saturated rings. The van der Waals surface area contributed by atoms with Gasteiger partial charge in [0.25, 0.3) is 0 Å². The van der Waals surface area contributed by atoms with Gasteiger partial charge < -0.3 is 10.1 Å². The van der Waals surface area contributed by atoms with Gasteiger partial charge in [-0.1, -0.05) is 19.8 Å². The molecule has 1 N–H and O–H groups in total. The van der Waals surface area contributed by atoms with Gasteiger partial charge in [-0.2, -0.15) is 0 Å². The summed E-state index contributed by atoms with van der Waals surface area (Å²) in [5, 5.41) is 3.69. The lowest BCUT2D eigenvalue weighted by molar-refractivity contribution is -0.0713. The zero-order chi connectivity index (χ0) is 13.9. The van der Waals surface area contributed by atoms with Gasteiger partial charge in [-0.25, -0.2) is 0 Å². The molecule has 19 heavy (non-hydrogen) atoms. The molecule has 0 spiro atoms. The van der Waals surface area contributed by atoms with E-state index >= 15 is 0 Å². The second-order valence-electron chi connectivity index (χ2n) is 7.89. The van der Waals surface area contributed by atoms with E-state index in [4.69, 9.17) is 4.74 Å². The number of hydrogen-bond donors (Lipinski definition) is 1. The summed E-state index contributed by atoms with van der Waals surface area (Å²) < 4.78 is 6.19. The van der Waals surface area contributed by atoms with Gasteiger partial charge in [-0.05, 0) is 64.2 Å². The SMILES string of the molecule is CC1CCC(C2OCCCC2CNC(C)(C)C)CC1. The minimum Gasteiger partial charge on any atom is -0.378 e. The van der Waals surface area contributed by atoms with Crippen LogP contribution in [0.5, 0.6) is 0 Å². The van der Waals surface area contributed by atoms with Gasteiger partial charge in [-0.15, -0.1) is 0 Å². The Morgan fingerprint density at radius 2 is 1.74 bits per heavy atom. The Morgan fingerprint density at radius 3 is 2.37 bits per heavy atom. The third-order valence-corrected chi connectivity index (χ3v) is 4.91. The van der Waals surface area contributed by atoms with Gasteiger partial charge in [0.15, 0.2) is 0 Å². The molecule has 1 aliphatic carbocycles. The van der Waals surface area contributed by atoms with Crippen LogP contribution in [0.1, 0.15) is 66.2 Å². The van der Waals surface area contributed by atoms with Crippen LogP contribution in [-0.4, -0.2) is 24.8 Å². The van der Waals surface area contributed by atoms with Crippen LogP contribution in [0.4, 0.5) is 0 Å². The van der Waals surface area contributed by atoms with Gasteiger partial charge >= 0.3 is 0 Å². The molecule has 0 radical (unpaired) electrons. The Morgan fingerprint density at radius 1 is 1.05 bits per heavy atom. The van der Waals surface area contributed by atoms with E-state index in [2.05, 4.69) is 33.0 Å². The molecule has 0 aromatic carbocycles. The normalized spacial score (nSPS) is 37.3. The summed E-state index contributed by atoms with van der Waals surface area (Å²) in [6, 6.07) is 0. The third-order valence-electron chi connectivity index (χ3n) is 4.91. The van der Waals surface area contributed by atoms with E-state index < -0.39 is 0 Å². The number of nitrogens with one attached hydrogen (secondary N) is 1. The van der Waals surface area contributed by atoms with Crippen molar-refractivity contribution in [1.82, 2.24) is 5.32 Å². The van der Waals surface area contributed by atoms with Gasteiger partial charge in [0.05, 0.1) is 6.10 Å². The topological polar surface area (TPSA) is 21.3 Å². The zero-order valence-electron chi connectivity index (χ0n) is 13.4. The summed E-state index contributed by atoms with van der Waals surface area (Å²) in [7, 11) is 0. The molecule has 1 saturated carbocycles. The van der Waals surface area contributed by atoms with Crippen molar-refractivity contribution in [3.63, 3.8) is 0 Å². The summed E-state index contributed by atoms with van der Waals surface area (Å²) >= 11 is 0. The van der Waals surface area contributed by atoms with Gasteiger partial charge in [-0.3, -0.25) is 0 Å². The fourth-order valence-electron chi connectivity index (χ4n) is 3.66. The van der Waals surface area contributed by atoms with E-state index in [1.54, 1.807) is 0 Å². The standard InChI is InChI=1S/C17H33NO/c1-13-7-9-14(10-8-13)16-15(6-5-11-19-16)12-18-17(2,3)4/h13-16,18H,5-12H2,1-4H3. The molecule has 2 atom stereocenters. The van der Waals surface area contributed by atoms with Crippen molar-refractivity contribution in [3.8, 4) is 0 Å². The Bertz CT molecular complexity index is 263. The quantitative estimate of drug-likeness (QED) is 0.834. The molecule has 2 heteroatoms. The number of hydrogen-bond acceptors (Lipinski definition) is 2. The fraction of sp³-hybridized carbons (Fsp3) is 1.00. The summed E-state index contributed by atoms with van der Waals surface area (Å²) in [6.45, 7) is 11.3. The van der Waals surface area contributed by atoms with Gasteiger partial charge in [0, 0.05) is 18.7 Å². The molecule has 2 nitrogen and oxygen atoms in total. The minimum atomic E-state index is 0.225. The molecule has 0 aromatic heterocycles. The first-order valence-corrected chi connectivity index (χ1v) is 8.32. The van der Waals surface area contributed by atoms with Crippen LogP contribution in [0.2, 0.25) is 0 Å². The van der Waals surface area contributed by atoms with Crippen LogP contribution in [0.25, 0.3) is 0 Å². The molecule has 2 aliphatic rings. The number of rotatable bonds is 3. The highest BCUT2D eigenvalue weighted by atomic mass is 16.5. The van der Waals surface area contributed by atoms with Gasteiger partial charge in [0.1, 0.15) is 0 Å². The molecular weight excluding hydrogens is 234 g/mol. The van der Waals surface area contributed by atoms with Crippen molar-refractivity contribution in [2.45, 2.75) is 77.9 Å². The van der Waals surface area contributed by atoms with Crippen molar-refractivity contribution in [3.05, 3.63) is 0 Å². The van der Waals surface area contributed by atoms with Crippen molar-refractivity contribution in [2.24, 2.45) is 17.8 Å².